The quantitative estimate of drug-likeness (QED) is 0.778. The summed E-state index contributed by atoms with van der Waals surface area (Å²) in [6, 6.07) is 2.35. The molecule has 6 nitrogen and oxygen atoms in total. The average molecular weight is 239 g/mol. The SMILES string of the molecule is COC(=O)C(N)c1cc2c(cc1OC)OCO2. The molecule has 1 heterocycles. The molecule has 0 aromatic heterocycles. The zero-order chi connectivity index (χ0) is 12.4. The molecule has 6 heteroatoms. The lowest BCUT2D eigenvalue weighted by molar-refractivity contribution is -0.142. The van der Waals surface area contributed by atoms with Gasteiger partial charge >= 0.3 is 5.97 Å². The Bertz CT molecular complexity index is 446. The molecular weight excluding hydrogens is 226 g/mol. The molecule has 0 bridgehead atoms. The lowest BCUT2D eigenvalue weighted by atomic mass is 10.1. The van der Waals surface area contributed by atoms with Crippen molar-refractivity contribution < 1.29 is 23.7 Å². The second-order valence-corrected chi connectivity index (χ2v) is 3.45. The van der Waals surface area contributed by atoms with Gasteiger partial charge in [0.2, 0.25) is 6.79 Å². The predicted molar refractivity (Wildman–Crippen MR) is 58.1 cm³/mol. The summed E-state index contributed by atoms with van der Waals surface area (Å²) in [5.74, 6) is 1.04. The highest BCUT2D eigenvalue weighted by atomic mass is 16.7. The first kappa shape index (κ1) is 11.5. The summed E-state index contributed by atoms with van der Waals surface area (Å²) >= 11 is 0. The summed E-state index contributed by atoms with van der Waals surface area (Å²) in [6.45, 7) is 0.148. The fraction of sp³-hybridized carbons (Fsp3) is 0.364. The van der Waals surface area contributed by atoms with Gasteiger partial charge in [0.1, 0.15) is 11.8 Å². The number of benzene rings is 1. The first-order valence-electron chi connectivity index (χ1n) is 4.98. The van der Waals surface area contributed by atoms with Crippen molar-refractivity contribution in [1.29, 1.82) is 0 Å². The number of methoxy groups -OCH3 is 2. The minimum Gasteiger partial charge on any atom is -0.496 e. The van der Waals surface area contributed by atoms with E-state index in [1.54, 1.807) is 12.1 Å². The minimum atomic E-state index is -0.913. The number of esters is 1. The van der Waals surface area contributed by atoms with Crippen molar-refractivity contribution in [1.82, 2.24) is 0 Å². The lowest BCUT2D eigenvalue weighted by Crippen LogP contribution is -2.23. The van der Waals surface area contributed by atoms with Crippen molar-refractivity contribution in [2.75, 3.05) is 21.0 Å². The average Bonchev–Trinajstić information content (AvgIpc) is 2.82. The van der Waals surface area contributed by atoms with Crippen molar-refractivity contribution in [3.8, 4) is 17.2 Å². The molecule has 92 valence electrons. The van der Waals surface area contributed by atoms with E-state index < -0.39 is 12.0 Å². The summed E-state index contributed by atoms with van der Waals surface area (Å²) in [5, 5.41) is 0. The molecule has 1 aromatic rings. The Morgan fingerprint density at radius 1 is 1.35 bits per heavy atom. The van der Waals surface area contributed by atoms with Crippen molar-refractivity contribution in [3.63, 3.8) is 0 Å². The zero-order valence-electron chi connectivity index (χ0n) is 9.56. The van der Waals surface area contributed by atoms with Crippen molar-refractivity contribution in [3.05, 3.63) is 17.7 Å². The van der Waals surface area contributed by atoms with Crippen molar-refractivity contribution in [2.45, 2.75) is 6.04 Å². The van der Waals surface area contributed by atoms with Gasteiger partial charge in [-0.1, -0.05) is 0 Å². The molecule has 2 rings (SSSR count). The third-order valence-corrected chi connectivity index (χ3v) is 2.52. The Balaban J connectivity index is 2.42. The number of carbonyl (C=O) groups excluding carboxylic acids is 1. The van der Waals surface area contributed by atoms with Gasteiger partial charge in [-0.15, -0.1) is 0 Å². The van der Waals surface area contributed by atoms with Gasteiger partial charge in [-0.05, 0) is 6.07 Å². The summed E-state index contributed by atoms with van der Waals surface area (Å²) < 4.78 is 20.2. The normalized spacial score (nSPS) is 14.3. The van der Waals surface area contributed by atoms with E-state index in [1.165, 1.54) is 14.2 Å². The Hall–Kier alpha value is -1.95. The number of nitrogens with two attached hydrogens (primary N) is 1. The van der Waals surface area contributed by atoms with E-state index in [1.807, 2.05) is 0 Å². The molecule has 1 aliphatic rings. The first-order valence-corrected chi connectivity index (χ1v) is 4.98. The Morgan fingerprint density at radius 2 is 2.00 bits per heavy atom. The van der Waals surface area contributed by atoms with Crippen molar-refractivity contribution in [2.24, 2.45) is 5.73 Å². The minimum absolute atomic E-state index is 0.148. The molecule has 17 heavy (non-hydrogen) atoms. The number of rotatable bonds is 3. The van der Waals surface area contributed by atoms with Gasteiger partial charge in [-0.25, -0.2) is 0 Å². The molecule has 1 atom stereocenters. The highest BCUT2D eigenvalue weighted by Gasteiger charge is 2.25. The van der Waals surface area contributed by atoms with E-state index in [2.05, 4.69) is 4.74 Å². The Labute approximate surface area is 98.2 Å². The second-order valence-electron chi connectivity index (χ2n) is 3.45. The highest BCUT2D eigenvalue weighted by Crippen LogP contribution is 2.39. The van der Waals surface area contributed by atoms with Gasteiger partial charge in [0, 0.05) is 11.6 Å². The molecule has 0 spiro atoms. The third kappa shape index (κ3) is 1.99. The Kier molecular flexibility index (Phi) is 3.06. The van der Waals surface area contributed by atoms with Crippen LogP contribution in [0.15, 0.2) is 12.1 Å². The predicted octanol–water partition coefficient (Wildman–Crippen LogP) is 0.597. The molecule has 2 N–H and O–H groups in total. The van der Waals surface area contributed by atoms with Crippen LogP contribution in [0.3, 0.4) is 0 Å². The van der Waals surface area contributed by atoms with Crippen LogP contribution in [-0.4, -0.2) is 27.0 Å². The van der Waals surface area contributed by atoms with E-state index in [0.29, 0.717) is 22.8 Å². The number of fused-ring (bicyclic) bond motifs is 1. The van der Waals surface area contributed by atoms with Gasteiger partial charge in [0.25, 0.3) is 0 Å². The summed E-state index contributed by atoms with van der Waals surface area (Å²) in [6.07, 6.45) is 0. The van der Waals surface area contributed by atoms with Crippen LogP contribution in [-0.2, 0) is 9.53 Å². The van der Waals surface area contributed by atoms with Gasteiger partial charge in [-0.2, -0.15) is 0 Å². The molecule has 1 unspecified atom stereocenters. The van der Waals surface area contributed by atoms with Gasteiger partial charge in [-0.3, -0.25) is 4.79 Å². The topological polar surface area (TPSA) is 80.0 Å². The lowest BCUT2D eigenvalue weighted by Gasteiger charge is -2.14. The van der Waals surface area contributed by atoms with Crippen LogP contribution in [0.1, 0.15) is 11.6 Å². The zero-order valence-corrected chi connectivity index (χ0v) is 9.56. The molecular formula is C11H13NO5. The molecule has 0 saturated heterocycles. The fourth-order valence-electron chi connectivity index (χ4n) is 1.61. The molecule has 0 aliphatic carbocycles. The van der Waals surface area contributed by atoms with E-state index in [-0.39, 0.29) is 6.79 Å². The smallest absolute Gasteiger partial charge is 0.327 e. The highest BCUT2D eigenvalue weighted by molar-refractivity contribution is 5.79. The van der Waals surface area contributed by atoms with Crippen LogP contribution < -0.4 is 19.9 Å². The largest absolute Gasteiger partial charge is 0.496 e. The molecule has 0 amide bonds. The van der Waals surface area contributed by atoms with Crippen LogP contribution >= 0.6 is 0 Å². The molecule has 1 aromatic carbocycles. The molecule has 0 fully saturated rings. The van der Waals surface area contributed by atoms with Crippen LogP contribution in [0, 0.1) is 0 Å². The van der Waals surface area contributed by atoms with E-state index in [0.717, 1.165) is 0 Å². The summed E-state index contributed by atoms with van der Waals surface area (Å²) in [4.78, 5) is 11.4. The molecule has 0 saturated carbocycles. The summed E-state index contributed by atoms with van der Waals surface area (Å²) in [7, 11) is 2.77. The van der Waals surface area contributed by atoms with Gasteiger partial charge in [0.05, 0.1) is 14.2 Å². The maximum atomic E-state index is 11.4. The standard InChI is InChI=1S/C11H13NO5/c1-14-7-4-9-8(16-5-17-9)3-6(7)10(12)11(13)15-2/h3-4,10H,5,12H2,1-2H3. The van der Waals surface area contributed by atoms with Gasteiger partial charge < -0.3 is 24.7 Å². The van der Waals surface area contributed by atoms with E-state index in [9.17, 15) is 4.79 Å². The Morgan fingerprint density at radius 3 is 2.59 bits per heavy atom. The van der Waals surface area contributed by atoms with Crippen LogP contribution in [0.5, 0.6) is 17.2 Å². The van der Waals surface area contributed by atoms with Crippen LogP contribution in [0.25, 0.3) is 0 Å². The second kappa shape index (κ2) is 4.50. The van der Waals surface area contributed by atoms with E-state index >= 15 is 0 Å². The van der Waals surface area contributed by atoms with Gasteiger partial charge in [0.15, 0.2) is 11.5 Å². The third-order valence-electron chi connectivity index (χ3n) is 2.52. The van der Waals surface area contributed by atoms with Crippen molar-refractivity contribution >= 4 is 5.97 Å². The van der Waals surface area contributed by atoms with E-state index in [4.69, 9.17) is 19.9 Å². The molecule has 1 aliphatic heterocycles. The van der Waals surface area contributed by atoms with Crippen LogP contribution in [0.2, 0.25) is 0 Å². The van der Waals surface area contributed by atoms with Crippen LogP contribution in [0.4, 0.5) is 0 Å². The first-order chi connectivity index (χ1) is 8.17. The molecule has 0 radical (unpaired) electrons. The summed E-state index contributed by atoms with van der Waals surface area (Å²) in [5.41, 5.74) is 6.27. The number of ether oxygens (including phenoxy) is 4. The number of carbonyl (C=O) groups is 1. The number of hydrogen-bond donors (Lipinski definition) is 1. The monoisotopic (exact) mass is 239 g/mol. The maximum absolute atomic E-state index is 11.4. The number of hydrogen-bond acceptors (Lipinski definition) is 6. The fourth-order valence-corrected chi connectivity index (χ4v) is 1.61. The maximum Gasteiger partial charge on any atom is 0.327 e.